The summed E-state index contributed by atoms with van der Waals surface area (Å²) in [7, 11) is 4.29. The molecule has 0 saturated heterocycles. The van der Waals surface area contributed by atoms with Crippen LogP contribution in [0, 0.1) is 0 Å². The highest BCUT2D eigenvalue weighted by molar-refractivity contribution is 6.00. The zero-order valence-corrected chi connectivity index (χ0v) is 17.7. The number of carbonyl (C=O) groups is 1. The average molecular weight is 432 g/mol. The zero-order chi connectivity index (χ0) is 22.8. The minimum absolute atomic E-state index is 0.103. The minimum Gasteiger partial charge on any atom is -0.508 e. The first kappa shape index (κ1) is 21.0. The van der Waals surface area contributed by atoms with Crippen LogP contribution in [-0.4, -0.2) is 32.4 Å². The van der Waals surface area contributed by atoms with Crippen LogP contribution in [0.1, 0.15) is 10.4 Å². The van der Waals surface area contributed by atoms with Crippen LogP contribution < -0.4 is 14.9 Å². The highest BCUT2D eigenvalue weighted by atomic mass is 16.5. The van der Waals surface area contributed by atoms with Gasteiger partial charge in [0.05, 0.1) is 32.5 Å². The van der Waals surface area contributed by atoms with Crippen LogP contribution in [-0.2, 0) is 4.74 Å². The van der Waals surface area contributed by atoms with E-state index in [0.29, 0.717) is 39.5 Å². The third-order valence-corrected chi connectivity index (χ3v) is 5.12. The first-order valence-corrected chi connectivity index (χ1v) is 9.67. The van der Waals surface area contributed by atoms with Gasteiger partial charge in [-0.2, -0.15) is 0 Å². The molecule has 0 unspecified atom stereocenters. The quantitative estimate of drug-likeness (QED) is 0.459. The van der Waals surface area contributed by atoms with E-state index >= 15 is 0 Å². The fraction of sp³-hybridized carbons (Fsp3) is 0.120. The smallest absolute Gasteiger partial charge is 0.337 e. The SMILES string of the molecule is COC(=O)c1ccc(-c2c(OC)cc(OC)c3c(=O)cc(-c4ccc(O)cc4)oc23)cc1. The van der Waals surface area contributed by atoms with Gasteiger partial charge in [0.1, 0.15) is 28.4 Å². The molecule has 1 aromatic heterocycles. The maximum atomic E-state index is 13.1. The van der Waals surface area contributed by atoms with Crippen molar-refractivity contribution in [2.45, 2.75) is 0 Å². The van der Waals surface area contributed by atoms with E-state index in [1.165, 1.54) is 39.5 Å². The van der Waals surface area contributed by atoms with Gasteiger partial charge in [0, 0.05) is 17.7 Å². The molecule has 0 atom stereocenters. The van der Waals surface area contributed by atoms with E-state index in [9.17, 15) is 14.7 Å². The fourth-order valence-electron chi connectivity index (χ4n) is 3.53. The lowest BCUT2D eigenvalue weighted by atomic mass is 9.99. The average Bonchev–Trinajstić information content (AvgIpc) is 2.82. The van der Waals surface area contributed by atoms with E-state index in [1.807, 2.05) is 0 Å². The lowest BCUT2D eigenvalue weighted by Crippen LogP contribution is -2.05. The van der Waals surface area contributed by atoms with Gasteiger partial charge in [-0.15, -0.1) is 0 Å². The second-order valence-electron chi connectivity index (χ2n) is 6.95. The minimum atomic E-state index is -0.454. The number of carbonyl (C=O) groups excluding carboxylic acids is 1. The zero-order valence-electron chi connectivity index (χ0n) is 17.7. The Morgan fingerprint density at radius 2 is 1.47 bits per heavy atom. The molecule has 7 nitrogen and oxygen atoms in total. The van der Waals surface area contributed by atoms with Gasteiger partial charge >= 0.3 is 5.97 Å². The number of fused-ring (bicyclic) bond motifs is 1. The van der Waals surface area contributed by atoms with Crippen LogP contribution in [0.3, 0.4) is 0 Å². The van der Waals surface area contributed by atoms with Crippen LogP contribution in [0.5, 0.6) is 17.2 Å². The van der Waals surface area contributed by atoms with Crippen molar-refractivity contribution < 1.29 is 28.5 Å². The Morgan fingerprint density at radius 1 is 0.844 bits per heavy atom. The monoisotopic (exact) mass is 432 g/mol. The molecule has 0 saturated carbocycles. The number of benzene rings is 3. The summed E-state index contributed by atoms with van der Waals surface area (Å²) in [6, 6.07) is 16.0. The van der Waals surface area contributed by atoms with Gasteiger partial charge in [-0.3, -0.25) is 4.79 Å². The molecule has 7 heteroatoms. The van der Waals surface area contributed by atoms with Gasteiger partial charge in [0.25, 0.3) is 0 Å². The molecule has 0 aliphatic carbocycles. The second kappa shape index (κ2) is 8.47. The number of rotatable bonds is 5. The Morgan fingerprint density at radius 3 is 2.06 bits per heavy atom. The third-order valence-electron chi connectivity index (χ3n) is 5.12. The lowest BCUT2D eigenvalue weighted by Gasteiger charge is -2.15. The molecule has 4 aromatic rings. The highest BCUT2D eigenvalue weighted by Crippen LogP contribution is 2.42. The number of phenols is 1. The van der Waals surface area contributed by atoms with Gasteiger partial charge in [0.15, 0.2) is 11.0 Å². The first-order valence-electron chi connectivity index (χ1n) is 9.67. The van der Waals surface area contributed by atoms with E-state index < -0.39 is 5.97 Å². The maximum Gasteiger partial charge on any atom is 0.337 e. The lowest BCUT2D eigenvalue weighted by molar-refractivity contribution is 0.0600. The van der Waals surface area contributed by atoms with E-state index in [1.54, 1.807) is 42.5 Å². The number of aromatic hydroxyl groups is 1. The van der Waals surface area contributed by atoms with Crippen LogP contribution in [0.2, 0.25) is 0 Å². The molecule has 0 aliphatic rings. The van der Waals surface area contributed by atoms with Crippen molar-refractivity contribution in [3.63, 3.8) is 0 Å². The van der Waals surface area contributed by atoms with Gasteiger partial charge in [-0.05, 0) is 42.0 Å². The largest absolute Gasteiger partial charge is 0.508 e. The predicted molar refractivity (Wildman–Crippen MR) is 119 cm³/mol. The van der Waals surface area contributed by atoms with Crippen LogP contribution in [0.15, 0.2) is 69.9 Å². The summed E-state index contributed by atoms with van der Waals surface area (Å²) in [5.41, 5.74) is 2.21. The molecule has 0 aliphatic heterocycles. The molecule has 4 rings (SSSR count). The number of methoxy groups -OCH3 is 3. The van der Waals surface area contributed by atoms with Gasteiger partial charge < -0.3 is 23.7 Å². The highest BCUT2D eigenvalue weighted by Gasteiger charge is 2.21. The first-order chi connectivity index (χ1) is 15.5. The normalized spacial score (nSPS) is 10.7. The molecule has 0 spiro atoms. The van der Waals surface area contributed by atoms with Crippen molar-refractivity contribution in [3.05, 3.63) is 76.5 Å². The van der Waals surface area contributed by atoms with Crippen molar-refractivity contribution in [1.29, 1.82) is 0 Å². The number of phenolic OH excluding ortho intramolecular Hbond substituents is 1. The summed E-state index contributed by atoms with van der Waals surface area (Å²) < 4.78 is 22.0. The maximum absolute atomic E-state index is 13.1. The van der Waals surface area contributed by atoms with Gasteiger partial charge in [0.2, 0.25) is 0 Å². The molecule has 1 N–H and O–H groups in total. The number of hydrogen-bond acceptors (Lipinski definition) is 7. The number of hydrogen-bond donors (Lipinski definition) is 1. The molecule has 0 fully saturated rings. The van der Waals surface area contributed by atoms with Crippen LogP contribution in [0.25, 0.3) is 33.4 Å². The van der Waals surface area contributed by atoms with Gasteiger partial charge in [-0.25, -0.2) is 4.79 Å². The van der Waals surface area contributed by atoms with Gasteiger partial charge in [-0.1, -0.05) is 12.1 Å². The van der Waals surface area contributed by atoms with Crippen molar-refractivity contribution >= 4 is 16.9 Å². The second-order valence-corrected chi connectivity index (χ2v) is 6.95. The summed E-state index contributed by atoms with van der Waals surface area (Å²) in [6.07, 6.45) is 0. The Balaban J connectivity index is 2.03. The van der Waals surface area contributed by atoms with E-state index in [4.69, 9.17) is 18.6 Å². The summed E-state index contributed by atoms with van der Waals surface area (Å²) >= 11 is 0. The molecule has 0 amide bonds. The Hall–Kier alpha value is -4.26. The predicted octanol–water partition coefficient (Wildman–Crippen LogP) is 4.64. The van der Waals surface area contributed by atoms with E-state index in [2.05, 4.69) is 0 Å². The fourth-order valence-corrected chi connectivity index (χ4v) is 3.53. The standard InChI is InChI=1S/C25H20O7/c1-29-20-13-21(30-2)23-18(27)12-19(14-8-10-17(26)11-9-14)32-24(23)22(20)15-4-6-16(7-5-15)25(28)31-3/h4-13,26H,1-3H3. The van der Waals surface area contributed by atoms with Crippen molar-refractivity contribution in [1.82, 2.24) is 0 Å². The number of ether oxygens (including phenoxy) is 3. The molecular formula is C25H20O7. The summed E-state index contributed by atoms with van der Waals surface area (Å²) in [4.78, 5) is 24.9. The van der Waals surface area contributed by atoms with E-state index in [-0.39, 0.29) is 22.1 Å². The Labute approximate surface area is 183 Å². The van der Waals surface area contributed by atoms with Crippen molar-refractivity contribution in [2.24, 2.45) is 0 Å². The Bertz CT molecular complexity index is 1350. The van der Waals surface area contributed by atoms with Crippen molar-refractivity contribution in [3.8, 4) is 39.7 Å². The topological polar surface area (TPSA) is 95.2 Å². The molecule has 162 valence electrons. The number of esters is 1. The van der Waals surface area contributed by atoms with Crippen molar-refractivity contribution in [2.75, 3.05) is 21.3 Å². The molecule has 32 heavy (non-hydrogen) atoms. The summed E-state index contributed by atoms with van der Waals surface area (Å²) in [5.74, 6) is 0.727. The summed E-state index contributed by atoms with van der Waals surface area (Å²) in [6.45, 7) is 0. The molecule has 1 heterocycles. The Kier molecular flexibility index (Phi) is 5.55. The third kappa shape index (κ3) is 3.65. The molecular weight excluding hydrogens is 412 g/mol. The summed E-state index contributed by atoms with van der Waals surface area (Å²) in [5, 5.41) is 9.85. The van der Waals surface area contributed by atoms with Crippen LogP contribution >= 0.6 is 0 Å². The van der Waals surface area contributed by atoms with E-state index in [0.717, 1.165) is 0 Å². The molecule has 3 aromatic carbocycles. The van der Waals surface area contributed by atoms with Crippen LogP contribution in [0.4, 0.5) is 0 Å². The molecule has 0 radical (unpaired) electrons. The molecule has 0 bridgehead atoms.